The highest BCUT2D eigenvalue weighted by Crippen LogP contribution is 2.29. The monoisotopic (exact) mass is 2010 g/mol. The molecule has 8 N–H and O–H groups in total. The molecule has 0 spiro atoms. The van der Waals surface area contributed by atoms with Gasteiger partial charge in [-0.2, -0.15) is 72.6 Å². The summed E-state index contributed by atoms with van der Waals surface area (Å²) in [6.45, 7) is 26.5. The topological polar surface area (TPSA) is 527 Å². The number of nitrogens with zero attached hydrogens (tertiary/aromatic N) is 20. The third-order valence-corrected chi connectivity index (χ3v) is 21.0. The van der Waals surface area contributed by atoms with E-state index in [2.05, 4.69) is 103 Å². The summed E-state index contributed by atoms with van der Waals surface area (Å²) in [5.41, 5.74) is -0.955. The van der Waals surface area contributed by atoms with Gasteiger partial charge in [-0.05, 0) is 48.0 Å². The van der Waals surface area contributed by atoms with Gasteiger partial charge in [0, 0.05) is 151 Å². The fraction of sp³-hybridized carbons (Fsp3) is 0.512. The van der Waals surface area contributed by atoms with Crippen LogP contribution in [0.25, 0.3) is 44.7 Å². The van der Waals surface area contributed by atoms with Gasteiger partial charge in [-0.3, -0.25) is 78.8 Å². The minimum atomic E-state index is -5.08. The number of esters is 2. The number of hydrogen-bond acceptors (Lipinski definition) is 29. The summed E-state index contributed by atoms with van der Waals surface area (Å²) in [7, 11) is 5.74. The zero-order chi connectivity index (χ0) is 105. The predicted octanol–water partition coefficient (Wildman–Crippen LogP) is 0.757. The van der Waals surface area contributed by atoms with Crippen molar-refractivity contribution in [1.82, 2.24) is 96.0 Å². The van der Waals surface area contributed by atoms with Crippen LogP contribution in [0, 0.1) is 47.4 Å². The van der Waals surface area contributed by atoms with Crippen molar-refractivity contribution >= 4 is 110 Å². The molecule has 9 aromatic rings. The number of nitrogens with one attached hydrogen (secondary N) is 4. The van der Waals surface area contributed by atoms with Crippen LogP contribution in [0.5, 0.6) is 0 Å². The van der Waals surface area contributed by atoms with Gasteiger partial charge >= 0.3 is 83.3 Å². The Balaban J connectivity index is 0.000000234. The highest BCUT2D eigenvalue weighted by Gasteiger charge is 2.42. The predicted molar refractivity (Wildman–Crippen MR) is 483 cm³/mol. The van der Waals surface area contributed by atoms with E-state index in [1.54, 1.807) is 84.1 Å². The lowest BCUT2D eigenvalue weighted by atomic mass is 10.1. The lowest BCUT2D eigenvalue weighted by molar-refractivity contribution is -0.193. The number of anilines is 4. The molecule has 5 fully saturated rings. The van der Waals surface area contributed by atoms with Gasteiger partial charge in [-0.15, -0.1) is 23.7 Å². The van der Waals surface area contributed by atoms with Gasteiger partial charge in [0.25, 0.3) is 22.2 Å². The van der Waals surface area contributed by atoms with Gasteiger partial charge in [-0.1, -0.05) is 60.9 Å². The molecule has 0 bridgehead atoms. The molecule has 1 aromatic carbocycles. The number of piperazine rings is 4. The average Bonchev–Trinajstić information content (AvgIpc) is 1.59. The summed E-state index contributed by atoms with van der Waals surface area (Å²) in [4.78, 5) is 203. The standard InChI is InChI=1S/C22H24N6O3.C19H26N6O4.C18H22N6O4.C17H24N6O2.4C2HF3O2/c1-3-4-12-27-18-19(24-21(27)26-13-10-23-11-14-26)28(22(31)25(2)20(18)30)15-17(29)16-8-6-5-7-9-16;1-5-7-10-24-14-15(21-18(24)23-11-8-20-9-12-23)25(13(3)17(27)29-6-2)19(28)22(4)16(14)26;1-3-4-8-23-13-14(20-17(23)22-9-6-19-7-10-22)24(12-5-11-28-16(12)26)18(27)21(2)15(13)25;1-4-6-10-22-13-14(19-16(22)21-11-7-18-8-12-21)23(9-5-2)17(25)20(3)15(13)24;4*3-2(4,5)1(6)7/h5-9,23H,10-15H2,1-2H3;13,20H,6,8-12H2,1-4H3;12,19H,5-11H2,1-2H3;18H,5,7-12H2,1-3H3;4*(H,6,7). The number of aliphatic carboxylic acids is 4. The second kappa shape index (κ2) is 49.9. The smallest absolute Gasteiger partial charge is 0.475 e. The number of carbonyl (C=O) groups excluding carboxylic acids is 3. The third kappa shape index (κ3) is 27.6. The Morgan fingerprint density at radius 3 is 1.03 bits per heavy atom. The van der Waals surface area contributed by atoms with E-state index in [1.165, 1.54) is 41.9 Å². The molecule has 13 heterocycles. The van der Waals surface area contributed by atoms with Crippen LogP contribution in [0.1, 0.15) is 83.7 Å². The molecule has 45 nitrogen and oxygen atoms in total. The minimum Gasteiger partial charge on any atom is -0.475 e. The first-order chi connectivity index (χ1) is 66.4. The lowest BCUT2D eigenvalue weighted by Gasteiger charge is -2.28. The molecular formula is C84H100F12N24O21. The van der Waals surface area contributed by atoms with E-state index < -0.39 is 106 Å². The lowest BCUT2D eigenvalue weighted by Crippen LogP contribution is -2.44. The number of rotatable bonds is 17. The highest BCUT2D eigenvalue weighted by molar-refractivity contribution is 5.96. The zero-order valence-electron chi connectivity index (χ0n) is 77.6. The molecule has 0 saturated carbocycles. The van der Waals surface area contributed by atoms with Gasteiger partial charge < -0.3 is 70.8 Å². The van der Waals surface area contributed by atoms with Crippen LogP contribution < -0.4 is 85.9 Å². The summed E-state index contributed by atoms with van der Waals surface area (Å²) in [6, 6.07) is 7.07. The van der Waals surface area contributed by atoms with E-state index in [9.17, 15) is 105 Å². The maximum atomic E-state index is 13.1. The molecule has 5 saturated heterocycles. The Morgan fingerprint density at radius 1 is 0.433 bits per heavy atom. The Morgan fingerprint density at radius 2 is 0.723 bits per heavy atom. The van der Waals surface area contributed by atoms with Gasteiger partial charge in [-0.25, -0.2) is 47.9 Å². The van der Waals surface area contributed by atoms with Crippen molar-refractivity contribution in [2.75, 3.05) is 138 Å². The van der Waals surface area contributed by atoms with Crippen LogP contribution in [-0.4, -0.2) is 279 Å². The number of Topliss-reactive ketones (excluding diaryl/α,β-unsaturated/α-hetero) is 1. The Hall–Kier alpha value is -15.3. The van der Waals surface area contributed by atoms with Gasteiger partial charge in [0.15, 0.2) is 50.4 Å². The molecule has 5 aliphatic rings. The highest BCUT2D eigenvalue weighted by atomic mass is 19.4. The molecule has 57 heteroatoms. The molecule has 0 amide bonds. The molecule has 0 aliphatic carbocycles. The number of imidazole rings is 4. The van der Waals surface area contributed by atoms with Crippen molar-refractivity contribution in [3.8, 4) is 47.4 Å². The number of ketones is 1. The van der Waals surface area contributed by atoms with Crippen molar-refractivity contribution < 1.29 is 116 Å². The minimum absolute atomic E-state index is 0.171. The first-order valence-electron chi connectivity index (χ1n) is 42.7. The summed E-state index contributed by atoms with van der Waals surface area (Å²) in [5, 5.41) is 41.7. The van der Waals surface area contributed by atoms with E-state index in [-0.39, 0.29) is 89.9 Å². The van der Waals surface area contributed by atoms with E-state index in [0.29, 0.717) is 73.1 Å². The van der Waals surface area contributed by atoms with Crippen molar-refractivity contribution in [2.45, 2.75) is 137 Å². The van der Waals surface area contributed by atoms with Gasteiger partial charge in [0.2, 0.25) is 23.8 Å². The van der Waals surface area contributed by atoms with E-state index in [4.69, 9.17) is 54.1 Å². The molecule has 141 heavy (non-hydrogen) atoms. The van der Waals surface area contributed by atoms with Crippen molar-refractivity contribution in [1.29, 1.82) is 0 Å². The number of carboxylic acid groups (broad SMARTS) is 4. The average molecular weight is 2010 g/mol. The van der Waals surface area contributed by atoms with E-state index >= 15 is 0 Å². The number of aromatic nitrogens is 16. The maximum absolute atomic E-state index is 13.1. The second-order valence-electron chi connectivity index (χ2n) is 30.3. The summed E-state index contributed by atoms with van der Waals surface area (Å²) >= 11 is 0. The molecule has 14 rings (SSSR count). The third-order valence-electron chi connectivity index (χ3n) is 21.0. The Kier molecular flexibility index (Phi) is 39.9. The first kappa shape index (κ1) is 113. The molecule has 766 valence electrons. The van der Waals surface area contributed by atoms with Crippen LogP contribution in [0.4, 0.5) is 76.5 Å². The number of halogens is 12. The molecule has 0 radical (unpaired) electrons. The molecule has 2 atom stereocenters. The second-order valence-corrected chi connectivity index (χ2v) is 30.3. The quantitative estimate of drug-likeness (QED) is 0.0270. The van der Waals surface area contributed by atoms with Crippen LogP contribution in [0.3, 0.4) is 0 Å². The van der Waals surface area contributed by atoms with Crippen LogP contribution in [0.2, 0.25) is 0 Å². The molecule has 8 aromatic heterocycles. The van der Waals surface area contributed by atoms with E-state index in [0.717, 1.165) is 116 Å². The Bertz CT molecular complexity index is 6780. The summed E-state index contributed by atoms with van der Waals surface area (Å²) in [5.74, 6) is 13.6. The number of carbonyl (C=O) groups is 7. The number of alkyl halides is 12. The normalized spacial score (nSPS) is 14.9. The van der Waals surface area contributed by atoms with Crippen molar-refractivity contribution in [3.05, 3.63) is 119 Å². The fourth-order valence-electron chi connectivity index (χ4n) is 14.1. The summed E-state index contributed by atoms with van der Waals surface area (Å²) < 4.78 is 154. The van der Waals surface area contributed by atoms with Crippen LogP contribution in [0.15, 0.2) is 68.7 Å². The molecule has 5 aliphatic heterocycles. The van der Waals surface area contributed by atoms with Gasteiger partial charge in [0.1, 0.15) is 12.1 Å². The number of aryl methyl sites for hydroxylation is 1. The largest absolute Gasteiger partial charge is 0.490 e. The number of benzene rings is 1. The number of ether oxygens (including phenoxy) is 2. The van der Waals surface area contributed by atoms with Crippen LogP contribution in [-0.2, 0) is 106 Å². The fourth-order valence-corrected chi connectivity index (χ4v) is 14.1. The summed E-state index contributed by atoms with van der Waals surface area (Å²) in [6.07, 6.45) is -19.2. The maximum Gasteiger partial charge on any atom is 0.490 e. The molecular weight excluding hydrogens is 1910 g/mol. The first-order valence-corrected chi connectivity index (χ1v) is 42.7. The number of hydrogen-bond donors (Lipinski definition) is 8. The number of cyclic esters (lactones) is 1. The SMILES string of the molecule is CC#CCn1c(N2CCNCC2)nc2c1c(=O)n(C)c(=O)n2C(C)C(=O)OCC.CC#CCn1c(N2CCNCC2)nc2c1c(=O)n(C)c(=O)n2C1CCOC1=O.CC#CCn1c(N2CCNCC2)nc2c1c(=O)n(C)c(=O)n2CC(=O)c1ccccc1.CC#CCn1c(N2CCNCC2)nc2c1c(=O)n(C)c(=O)n2CCC.O=C(O)C(F)(F)F.O=C(O)C(F)(F)F.O=C(O)C(F)(F)F.O=C(O)C(F)(F)F. The van der Waals surface area contributed by atoms with Crippen LogP contribution >= 0.6 is 0 Å². The molecule has 2 unspecified atom stereocenters. The Labute approximate surface area is 789 Å². The number of fused-ring (bicyclic) bond motifs is 4. The number of carboxylic acids is 4. The zero-order valence-corrected chi connectivity index (χ0v) is 77.6. The van der Waals surface area contributed by atoms with E-state index in [1.807, 2.05) is 17.6 Å². The van der Waals surface area contributed by atoms with Crippen molar-refractivity contribution in [3.63, 3.8) is 0 Å². The van der Waals surface area contributed by atoms with Crippen molar-refractivity contribution in [2.24, 2.45) is 28.2 Å². The van der Waals surface area contributed by atoms with Gasteiger partial charge in [0.05, 0.1) is 45.9 Å².